The number of benzene rings is 1. The van der Waals surface area contributed by atoms with Crippen molar-refractivity contribution in [2.75, 3.05) is 5.32 Å². The summed E-state index contributed by atoms with van der Waals surface area (Å²) in [7, 11) is 0. The quantitative estimate of drug-likeness (QED) is 0.860. The molecule has 2 aromatic rings. The molecule has 1 aromatic carbocycles. The Morgan fingerprint density at radius 2 is 2.11 bits per heavy atom. The number of aromatic nitrogens is 1. The molecule has 0 aliphatic carbocycles. The summed E-state index contributed by atoms with van der Waals surface area (Å²) in [6, 6.07) is 9.27. The Bertz CT molecular complexity index is 569. The number of carbonyl (C=O) groups excluding carboxylic acids is 1. The van der Waals surface area contributed by atoms with Gasteiger partial charge in [0.15, 0.2) is 0 Å². The molecule has 0 bridgehead atoms. The van der Waals surface area contributed by atoms with Gasteiger partial charge in [-0.1, -0.05) is 18.2 Å². The molecule has 0 atom stereocenters. The highest BCUT2D eigenvalue weighted by atomic mass is 35.5. The summed E-state index contributed by atoms with van der Waals surface area (Å²) in [6.45, 7) is 1.90. The predicted molar refractivity (Wildman–Crippen MR) is 72.9 cm³/mol. The van der Waals surface area contributed by atoms with Crippen molar-refractivity contribution in [3.63, 3.8) is 0 Å². The first kappa shape index (κ1) is 12.6. The average Bonchev–Trinajstić information content (AvgIpc) is 2.39. The number of amides is 1. The second-order valence-corrected chi connectivity index (χ2v) is 4.26. The van der Waals surface area contributed by atoms with Gasteiger partial charge in [-0.15, -0.1) is 11.6 Å². The minimum Gasteiger partial charge on any atom is -0.322 e. The maximum Gasteiger partial charge on any atom is 0.257 e. The summed E-state index contributed by atoms with van der Waals surface area (Å²) in [5, 5.41) is 2.84. The molecule has 4 heteroatoms. The summed E-state index contributed by atoms with van der Waals surface area (Å²) in [4.78, 5) is 16.0. The van der Waals surface area contributed by atoms with Crippen molar-refractivity contribution >= 4 is 23.2 Å². The first-order valence-corrected chi connectivity index (χ1v) is 6.11. The lowest BCUT2D eigenvalue weighted by molar-refractivity contribution is 0.102. The fourth-order valence-electron chi connectivity index (χ4n) is 1.63. The van der Waals surface area contributed by atoms with Crippen molar-refractivity contribution in [3.8, 4) is 0 Å². The number of nitrogens with zero attached hydrogens (tertiary/aromatic N) is 1. The van der Waals surface area contributed by atoms with Crippen molar-refractivity contribution < 1.29 is 4.79 Å². The van der Waals surface area contributed by atoms with Crippen LogP contribution < -0.4 is 5.32 Å². The number of halogens is 1. The van der Waals surface area contributed by atoms with Crippen molar-refractivity contribution in [1.29, 1.82) is 0 Å². The van der Waals surface area contributed by atoms with Gasteiger partial charge in [-0.25, -0.2) is 0 Å². The van der Waals surface area contributed by atoms with Gasteiger partial charge in [-0.2, -0.15) is 0 Å². The third-order valence-corrected chi connectivity index (χ3v) is 2.83. The zero-order valence-corrected chi connectivity index (χ0v) is 10.7. The van der Waals surface area contributed by atoms with E-state index in [1.54, 1.807) is 18.5 Å². The topological polar surface area (TPSA) is 42.0 Å². The van der Waals surface area contributed by atoms with E-state index in [1.807, 2.05) is 31.2 Å². The molecule has 0 aliphatic heterocycles. The lowest BCUT2D eigenvalue weighted by Gasteiger charge is -2.09. The van der Waals surface area contributed by atoms with E-state index < -0.39 is 0 Å². The number of nitrogens with one attached hydrogen (secondary N) is 1. The Hall–Kier alpha value is -1.87. The molecule has 0 fully saturated rings. The van der Waals surface area contributed by atoms with Crippen LogP contribution in [0.2, 0.25) is 0 Å². The fourth-order valence-corrected chi connectivity index (χ4v) is 1.87. The van der Waals surface area contributed by atoms with Crippen LogP contribution in [0, 0.1) is 6.92 Å². The normalized spacial score (nSPS) is 10.1. The predicted octanol–water partition coefficient (Wildman–Crippen LogP) is 3.38. The second-order valence-electron chi connectivity index (χ2n) is 4.00. The highest BCUT2D eigenvalue weighted by Crippen LogP contribution is 2.18. The number of hydrogen-bond acceptors (Lipinski definition) is 2. The van der Waals surface area contributed by atoms with Crippen LogP contribution in [-0.2, 0) is 5.88 Å². The van der Waals surface area contributed by atoms with Crippen LogP contribution in [0.15, 0.2) is 42.7 Å². The number of aryl methyl sites for hydroxylation is 1. The maximum atomic E-state index is 12.0. The highest BCUT2D eigenvalue weighted by Gasteiger charge is 2.08. The molecule has 0 radical (unpaired) electrons. The molecular formula is C14H13ClN2O. The van der Waals surface area contributed by atoms with E-state index in [0.29, 0.717) is 11.4 Å². The Kier molecular flexibility index (Phi) is 3.95. The number of anilines is 1. The van der Waals surface area contributed by atoms with Gasteiger partial charge in [0.05, 0.1) is 5.56 Å². The summed E-state index contributed by atoms with van der Waals surface area (Å²) in [5.41, 5.74) is 3.12. The van der Waals surface area contributed by atoms with Gasteiger partial charge in [-0.05, 0) is 30.2 Å². The number of carbonyl (C=O) groups is 1. The molecular weight excluding hydrogens is 248 g/mol. The van der Waals surface area contributed by atoms with E-state index in [-0.39, 0.29) is 5.91 Å². The molecule has 1 amide bonds. The van der Waals surface area contributed by atoms with Crippen LogP contribution in [0.1, 0.15) is 21.5 Å². The monoisotopic (exact) mass is 260 g/mol. The van der Waals surface area contributed by atoms with E-state index in [0.717, 1.165) is 16.8 Å². The molecule has 18 heavy (non-hydrogen) atoms. The Balaban J connectivity index is 2.21. The Labute approximate surface area is 111 Å². The number of alkyl halides is 1. The van der Waals surface area contributed by atoms with Crippen LogP contribution in [0.4, 0.5) is 5.69 Å². The van der Waals surface area contributed by atoms with Crippen molar-refractivity contribution in [1.82, 2.24) is 4.98 Å². The van der Waals surface area contributed by atoms with E-state index in [9.17, 15) is 4.79 Å². The zero-order chi connectivity index (χ0) is 13.0. The van der Waals surface area contributed by atoms with Gasteiger partial charge in [-0.3, -0.25) is 9.78 Å². The number of para-hydroxylation sites is 1. The number of hydrogen-bond donors (Lipinski definition) is 1. The molecule has 0 saturated heterocycles. The molecule has 1 heterocycles. The van der Waals surface area contributed by atoms with Crippen molar-refractivity contribution in [2.24, 2.45) is 0 Å². The fraction of sp³-hybridized carbons (Fsp3) is 0.143. The minimum absolute atomic E-state index is 0.177. The first-order chi connectivity index (χ1) is 8.70. The van der Waals surface area contributed by atoms with Crippen LogP contribution in [0.3, 0.4) is 0 Å². The van der Waals surface area contributed by atoms with Crippen LogP contribution in [-0.4, -0.2) is 10.9 Å². The molecule has 0 unspecified atom stereocenters. The molecule has 2 rings (SSSR count). The minimum atomic E-state index is -0.177. The van der Waals surface area contributed by atoms with Crippen LogP contribution >= 0.6 is 11.6 Å². The van der Waals surface area contributed by atoms with Crippen molar-refractivity contribution in [3.05, 3.63) is 59.4 Å². The van der Waals surface area contributed by atoms with E-state index in [2.05, 4.69) is 10.3 Å². The van der Waals surface area contributed by atoms with E-state index >= 15 is 0 Å². The Morgan fingerprint density at radius 1 is 1.33 bits per heavy atom. The molecule has 0 aliphatic rings. The SMILES string of the molecule is Cc1cncc(C(=O)Nc2ccccc2CCl)c1. The van der Waals surface area contributed by atoms with E-state index in [1.165, 1.54) is 0 Å². The summed E-state index contributed by atoms with van der Waals surface area (Å²) in [5.74, 6) is 0.187. The third-order valence-electron chi connectivity index (χ3n) is 2.55. The smallest absolute Gasteiger partial charge is 0.257 e. The first-order valence-electron chi connectivity index (χ1n) is 5.57. The molecule has 1 N–H and O–H groups in total. The van der Waals surface area contributed by atoms with Crippen molar-refractivity contribution in [2.45, 2.75) is 12.8 Å². The summed E-state index contributed by atoms with van der Waals surface area (Å²) < 4.78 is 0. The Morgan fingerprint density at radius 3 is 2.83 bits per heavy atom. The summed E-state index contributed by atoms with van der Waals surface area (Å²) in [6.07, 6.45) is 3.26. The van der Waals surface area contributed by atoms with E-state index in [4.69, 9.17) is 11.6 Å². The molecule has 3 nitrogen and oxygen atoms in total. The van der Waals surface area contributed by atoms with Gasteiger partial charge in [0.25, 0.3) is 5.91 Å². The molecule has 0 spiro atoms. The lowest BCUT2D eigenvalue weighted by atomic mass is 10.1. The van der Waals surface area contributed by atoms with Crippen LogP contribution in [0.25, 0.3) is 0 Å². The largest absolute Gasteiger partial charge is 0.322 e. The average molecular weight is 261 g/mol. The lowest BCUT2D eigenvalue weighted by Crippen LogP contribution is -2.13. The number of rotatable bonds is 3. The third kappa shape index (κ3) is 2.87. The molecule has 0 saturated carbocycles. The van der Waals surface area contributed by atoms with Gasteiger partial charge in [0, 0.05) is 24.0 Å². The summed E-state index contributed by atoms with van der Waals surface area (Å²) >= 11 is 5.82. The number of pyridine rings is 1. The standard InChI is InChI=1S/C14H13ClN2O/c1-10-6-12(9-16-8-10)14(18)17-13-5-3-2-4-11(13)7-15/h2-6,8-9H,7H2,1H3,(H,17,18). The molecule has 1 aromatic heterocycles. The zero-order valence-electron chi connectivity index (χ0n) is 9.98. The van der Waals surface area contributed by atoms with Crippen LogP contribution in [0.5, 0.6) is 0 Å². The second kappa shape index (κ2) is 5.65. The van der Waals surface area contributed by atoms with Gasteiger partial charge < -0.3 is 5.32 Å². The maximum absolute atomic E-state index is 12.0. The highest BCUT2D eigenvalue weighted by molar-refractivity contribution is 6.17. The van der Waals surface area contributed by atoms with Gasteiger partial charge in [0.2, 0.25) is 0 Å². The van der Waals surface area contributed by atoms with Gasteiger partial charge >= 0.3 is 0 Å². The van der Waals surface area contributed by atoms with Gasteiger partial charge in [0.1, 0.15) is 0 Å². The molecule has 92 valence electrons.